The second-order valence-corrected chi connectivity index (χ2v) is 6.30. The molecule has 2 aromatic rings. The van der Waals surface area contributed by atoms with Crippen LogP contribution in [0, 0.1) is 0 Å². The highest BCUT2D eigenvalue weighted by molar-refractivity contribution is 6.08. The summed E-state index contributed by atoms with van der Waals surface area (Å²) in [7, 11) is 1.27. The minimum absolute atomic E-state index is 0.0261. The molecule has 2 amide bonds. The lowest BCUT2D eigenvalue weighted by Gasteiger charge is -2.12. The van der Waals surface area contributed by atoms with Crippen molar-refractivity contribution in [1.82, 2.24) is 10.3 Å². The smallest absolute Gasteiger partial charge is 0.339 e. The van der Waals surface area contributed by atoms with Crippen LogP contribution >= 0.6 is 0 Å². The van der Waals surface area contributed by atoms with Gasteiger partial charge in [0.25, 0.3) is 11.8 Å². The third-order valence-corrected chi connectivity index (χ3v) is 4.36. The molecule has 2 heterocycles. The van der Waals surface area contributed by atoms with Crippen molar-refractivity contribution < 1.29 is 23.9 Å². The van der Waals surface area contributed by atoms with Crippen molar-refractivity contribution in [3.8, 4) is 0 Å². The zero-order valence-electron chi connectivity index (χ0n) is 15.4. The standard InChI is InChI=1S/C20H21N3O5/c1-27-20(26)16-6-2-3-7-17(16)23-19(25)14-9-13(10-21-11-14)18(24)22-12-15-5-4-8-28-15/h2-3,6-7,9-11,15H,4-5,8,12H2,1H3,(H,22,24)(H,23,25). The number of carbonyl (C=O) groups excluding carboxylic acids is 3. The van der Waals surface area contributed by atoms with Crippen LogP contribution in [0.5, 0.6) is 0 Å². The summed E-state index contributed by atoms with van der Waals surface area (Å²) in [6.45, 7) is 1.13. The number of nitrogens with one attached hydrogen (secondary N) is 2. The van der Waals surface area contributed by atoms with Crippen LogP contribution in [0.1, 0.15) is 43.9 Å². The van der Waals surface area contributed by atoms with Crippen LogP contribution in [0.2, 0.25) is 0 Å². The van der Waals surface area contributed by atoms with Gasteiger partial charge in [0, 0.05) is 25.5 Å². The van der Waals surface area contributed by atoms with Gasteiger partial charge in [-0.2, -0.15) is 0 Å². The van der Waals surface area contributed by atoms with E-state index in [9.17, 15) is 14.4 Å². The van der Waals surface area contributed by atoms with Crippen LogP contribution in [0.3, 0.4) is 0 Å². The SMILES string of the molecule is COC(=O)c1ccccc1NC(=O)c1cncc(C(=O)NCC2CCCO2)c1. The van der Waals surface area contributed by atoms with Crippen molar-refractivity contribution in [2.24, 2.45) is 0 Å². The van der Waals surface area contributed by atoms with E-state index in [1.807, 2.05) is 0 Å². The van der Waals surface area contributed by atoms with Crippen molar-refractivity contribution in [1.29, 1.82) is 0 Å². The van der Waals surface area contributed by atoms with E-state index in [-0.39, 0.29) is 28.7 Å². The molecule has 1 unspecified atom stereocenters. The third kappa shape index (κ3) is 4.72. The van der Waals surface area contributed by atoms with Gasteiger partial charge in [-0.15, -0.1) is 0 Å². The monoisotopic (exact) mass is 383 g/mol. The van der Waals surface area contributed by atoms with Gasteiger partial charge in [-0.25, -0.2) is 4.79 Å². The van der Waals surface area contributed by atoms with Crippen molar-refractivity contribution in [2.75, 3.05) is 25.6 Å². The average Bonchev–Trinajstić information content (AvgIpc) is 3.25. The number of ether oxygens (including phenoxy) is 2. The van der Waals surface area contributed by atoms with Crippen LogP contribution in [0.4, 0.5) is 5.69 Å². The molecule has 0 radical (unpaired) electrons. The molecule has 28 heavy (non-hydrogen) atoms. The number of hydrogen-bond donors (Lipinski definition) is 2. The number of carbonyl (C=O) groups is 3. The number of anilines is 1. The number of aromatic nitrogens is 1. The number of nitrogens with zero attached hydrogens (tertiary/aromatic N) is 1. The first-order valence-electron chi connectivity index (χ1n) is 8.92. The van der Waals surface area contributed by atoms with Gasteiger partial charge in [-0.05, 0) is 31.0 Å². The largest absolute Gasteiger partial charge is 0.465 e. The van der Waals surface area contributed by atoms with Crippen molar-refractivity contribution in [3.63, 3.8) is 0 Å². The van der Waals surface area contributed by atoms with E-state index < -0.39 is 11.9 Å². The summed E-state index contributed by atoms with van der Waals surface area (Å²) >= 11 is 0. The molecule has 1 aliphatic rings. The minimum atomic E-state index is -0.559. The molecule has 1 aromatic carbocycles. The van der Waals surface area contributed by atoms with Crippen molar-refractivity contribution in [3.05, 3.63) is 59.4 Å². The minimum Gasteiger partial charge on any atom is -0.465 e. The third-order valence-electron chi connectivity index (χ3n) is 4.36. The summed E-state index contributed by atoms with van der Waals surface area (Å²) in [5.41, 5.74) is 1.01. The number of pyridine rings is 1. The fraction of sp³-hybridized carbons (Fsp3) is 0.300. The molecule has 0 saturated carbocycles. The molecule has 8 nitrogen and oxygen atoms in total. The van der Waals surface area contributed by atoms with E-state index in [4.69, 9.17) is 9.47 Å². The van der Waals surface area contributed by atoms with E-state index in [0.29, 0.717) is 18.8 Å². The highest BCUT2D eigenvalue weighted by Crippen LogP contribution is 2.17. The summed E-state index contributed by atoms with van der Waals surface area (Å²) in [5, 5.41) is 5.45. The lowest BCUT2D eigenvalue weighted by Crippen LogP contribution is -2.32. The van der Waals surface area contributed by atoms with Crippen LogP contribution in [0.25, 0.3) is 0 Å². The highest BCUT2D eigenvalue weighted by atomic mass is 16.5. The number of benzene rings is 1. The molecule has 1 atom stereocenters. The van der Waals surface area contributed by atoms with E-state index in [0.717, 1.165) is 12.8 Å². The molecule has 146 valence electrons. The van der Waals surface area contributed by atoms with Gasteiger partial charge in [0.05, 0.1) is 35.6 Å². The van der Waals surface area contributed by atoms with E-state index >= 15 is 0 Å². The number of esters is 1. The van der Waals surface area contributed by atoms with E-state index in [1.54, 1.807) is 24.3 Å². The van der Waals surface area contributed by atoms with Crippen LogP contribution in [0.15, 0.2) is 42.7 Å². The van der Waals surface area contributed by atoms with Crippen LogP contribution in [-0.4, -0.2) is 49.1 Å². The fourth-order valence-corrected chi connectivity index (χ4v) is 2.88. The average molecular weight is 383 g/mol. The van der Waals surface area contributed by atoms with Gasteiger partial charge in [-0.1, -0.05) is 12.1 Å². The Hall–Kier alpha value is -3.26. The number of rotatable bonds is 6. The zero-order chi connectivity index (χ0) is 19.9. The van der Waals surface area contributed by atoms with Crippen molar-refractivity contribution >= 4 is 23.5 Å². The molecule has 1 aliphatic heterocycles. The lowest BCUT2D eigenvalue weighted by molar-refractivity contribution is 0.0601. The molecule has 0 bridgehead atoms. The number of amides is 2. The molecule has 1 aromatic heterocycles. The molecule has 1 saturated heterocycles. The first-order valence-corrected chi connectivity index (χ1v) is 8.92. The van der Waals surface area contributed by atoms with Gasteiger partial charge < -0.3 is 20.1 Å². The summed E-state index contributed by atoms with van der Waals surface area (Å²) in [4.78, 5) is 40.7. The van der Waals surface area contributed by atoms with E-state index in [2.05, 4.69) is 15.6 Å². The quantitative estimate of drug-likeness (QED) is 0.739. The maximum atomic E-state index is 12.6. The van der Waals surface area contributed by atoms with Gasteiger partial charge >= 0.3 is 5.97 Å². The molecule has 0 spiro atoms. The molecule has 3 rings (SSSR count). The van der Waals surface area contributed by atoms with Gasteiger partial charge in [-0.3, -0.25) is 14.6 Å². The van der Waals surface area contributed by atoms with Gasteiger partial charge in [0.2, 0.25) is 0 Å². The Kier molecular flexibility index (Phi) is 6.33. The summed E-state index contributed by atoms with van der Waals surface area (Å²) in [6.07, 6.45) is 4.68. The lowest BCUT2D eigenvalue weighted by atomic mass is 10.1. The predicted octanol–water partition coefficient (Wildman–Crippen LogP) is 2.03. The van der Waals surface area contributed by atoms with Crippen molar-refractivity contribution in [2.45, 2.75) is 18.9 Å². The summed E-state index contributed by atoms with van der Waals surface area (Å²) in [5.74, 6) is -1.37. The Morgan fingerprint density at radius 2 is 1.93 bits per heavy atom. The number of methoxy groups -OCH3 is 1. The van der Waals surface area contributed by atoms with Crippen LogP contribution in [-0.2, 0) is 9.47 Å². The maximum absolute atomic E-state index is 12.6. The normalized spacial score (nSPS) is 15.7. The van der Waals surface area contributed by atoms with Crippen LogP contribution < -0.4 is 10.6 Å². The second-order valence-electron chi connectivity index (χ2n) is 6.30. The van der Waals surface area contributed by atoms with E-state index in [1.165, 1.54) is 25.6 Å². The molecule has 0 aliphatic carbocycles. The molecular formula is C20H21N3O5. The van der Waals surface area contributed by atoms with Gasteiger partial charge in [0.15, 0.2) is 0 Å². The van der Waals surface area contributed by atoms with Gasteiger partial charge in [0.1, 0.15) is 0 Å². The fourth-order valence-electron chi connectivity index (χ4n) is 2.88. The predicted molar refractivity (Wildman–Crippen MR) is 101 cm³/mol. The number of para-hydroxylation sites is 1. The Morgan fingerprint density at radius 3 is 2.64 bits per heavy atom. The maximum Gasteiger partial charge on any atom is 0.339 e. The Labute approximate surface area is 162 Å². The number of hydrogen-bond acceptors (Lipinski definition) is 6. The summed E-state index contributed by atoms with van der Waals surface area (Å²) in [6, 6.07) is 7.95. The zero-order valence-corrected chi connectivity index (χ0v) is 15.4. The topological polar surface area (TPSA) is 107 Å². The Morgan fingerprint density at radius 1 is 1.18 bits per heavy atom. The second kappa shape index (κ2) is 9.09. The molecular weight excluding hydrogens is 362 g/mol. The summed E-state index contributed by atoms with van der Waals surface area (Å²) < 4.78 is 10.2. The first kappa shape index (κ1) is 19.5. The Balaban J connectivity index is 1.69. The first-order chi connectivity index (χ1) is 13.6. The molecule has 8 heteroatoms. The molecule has 1 fully saturated rings. The molecule has 2 N–H and O–H groups in total. The highest BCUT2D eigenvalue weighted by Gasteiger charge is 2.18. The Bertz CT molecular complexity index is 878.